The minimum Gasteiger partial charge on any atom is -0.506 e. The molecule has 0 unspecified atom stereocenters. The van der Waals surface area contributed by atoms with Crippen LogP contribution in [0, 0.1) is 0 Å². The number of aliphatic imine (C=N–C) groups is 3. The SMILES string of the molecule is CC(=O)[C@@]1(C)CSC(c2ncc(N3CCNCC3)cc2O)=N1.CC(=O)[C@@]1(C)CSC(c2ncc(N3CCNCC3)cc2O)=N1.CC(=O)[C@@]1(C)CSC(c2ncc(N3CCNCC3)cc2O)=N1. The van der Waals surface area contributed by atoms with Crippen LogP contribution in [0.2, 0.25) is 0 Å². The zero-order valence-electron chi connectivity index (χ0n) is 38.4. The van der Waals surface area contributed by atoms with Crippen LogP contribution in [0.25, 0.3) is 0 Å². The van der Waals surface area contributed by atoms with Crippen LogP contribution in [-0.4, -0.2) is 175 Å². The molecule has 6 N–H and O–H groups in total. The maximum absolute atomic E-state index is 11.7. The van der Waals surface area contributed by atoms with Gasteiger partial charge in [-0.05, 0) is 41.5 Å². The first-order chi connectivity index (χ1) is 31.5. The molecule has 0 radical (unpaired) electrons. The number of piperazine rings is 3. The number of nitrogens with zero attached hydrogens (tertiary/aromatic N) is 9. The van der Waals surface area contributed by atoms with Gasteiger partial charge in [0.2, 0.25) is 0 Å². The molecular formula is C45H60N12O6S3. The summed E-state index contributed by atoms with van der Waals surface area (Å²) in [5, 5.41) is 42.7. The largest absolute Gasteiger partial charge is 0.506 e. The Morgan fingerprint density at radius 2 is 0.727 bits per heavy atom. The van der Waals surface area contributed by atoms with Gasteiger partial charge in [-0.2, -0.15) is 0 Å². The van der Waals surface area contributed by atoms with E-state index in [2.05, 4.69) is 60.6 Å². The van der Waals surface area contributed by atoms with Gasteiger partial charge in [-0.3, -0.25) is 29.4 Å². The molecule has 9 rings (SSSR count). The van der Waals surface area contributed by atoms with Gasteiger partial charge in [0.15, 0.2) is 17.3 Å². The smallest absolute Gasteiger partial charge is 0.157 e. The molecule has 0 amide bonds. The number of aromatic nitrogens is 3. The Labute approximate surface area is 398 Å². The van der Waals surface area contributed by atoms with E-state index in [9.17, 15) is 29.7 Å². The van der Waals surface area contributed by atoms with Gasteiger partial charge in [0.1, 0.15) is 66.1 Å². The number of Topliss-reactive ketones (excluding diaryl/α,β-unsaturated/α-hetero) is 3. The lowest BCUT2D eigenvalue weighted by atomic mass is 10.0. The first kappa shape index (κ1) is 49.1. The van der Waals surface area contributed by atoms with Crippen LogP contribution < -0.4 is 30.7 Å². The number of hydrogen-bond donors (Lipinski definition) is 6. The Morgan fingerprint density at radius 3 is 0.924 bits per heavy atom. The lowest BCUT2D eigenvalue weighted by molar-refractivity contribution is -0.121. The highest BCUT2D eigenvalue weighted by Gasteiger charge is 2.39. The standard InChI is InChI=1S/3C15H20N4O2S/c3*1-10(20)15(2)9-22-14(18-15)13-12(21)7-11(8-17-13)19-5-3-16-4-6-19/h3*7-8,16,21H,3-6,9H2,1-2H3/t3*15-/m111/s1. The molecule has 6 aliphatic heterocycles. The Morgan fingerprint density at radius 1 is 0.485 bits per heavy atom. The average Bonchev–Trinajstić information content (AvgIpc) is 4.05. The third kappa shape index (κ3) is 11.3. The van der Waals surface area contributed by atoms with Gasteiger partial charge in [-0.25, -0.2) is 15.0 Å². The Hall–Kier alpha value is -4.80. The van der Waals surface area contributed by atoms with Gasteiger partial charge in [-0.15, -0.1) is 35.3 Å². The van der Waals surface area contributed by atoms with Crippen LogP contribution >= 0.6 is 35.3 Å². The van der Waals surface area contributed by atoms with E-state index in [-0.39, 0.29) is 34.6 Å². The van der Waals surface area contributed by atoms with Gasteiger partial charge in [0.25, 0.3) is 0 Å². The van der Waals surface area contributed by atoms with E-state index in [1.54, 1.807) is 57.6 Å². The zero-order chi connectivity index (χ0) is 47.2. The number of thioether (sulfide) groups is 3. The number of anilines is 3. The van der Waals surface area contributed by atoms with E-state index in [0.29, 0.717) is 49.5 Å². The fraction of sp³-hybridized carbons (Fsp3) is 0.533. The normalized spacial score (nSPS) is 25.2. The van der Waals surface area contributed by atoms with Crippen molar-refractivity contribution >= 4 is 84.8 Å². The molecule has 0 aromatic carbocycles. The number of carbonyl (C=O) groups excluding carboxylic acids is 3. The molecule has 3 aromatic rings. The van der Waals surface area contributed by atoms with Crippen molar-refractivity contribution in [1.29, 1.82) is 0 Å². The molecule has 3 fully saturated rings. The van der Waals surface area contributed by atoms with Gasteiger partial charge in [-0.1, -0.05) is 0 Å². The summed E-state index contributed by atoms with van der Waals surface area (Å²) in [6.07, 6.45) is 5.31. The highest BCUT2D eigenvalue weighted by atomic mass is 32.2. The van der Waals surface area contributed by atoms with E-state index < -0.39 is 16.6 Å². The molecule has 3 atom stereocenters. The highest BCUT2D eigenvalue weighted by Crippen LogP contribution is 2.37. The summed E-state index contributed by atoms with van der Waals surface area (Å²) < 4.78 is 0. The minimum absolute atomic E-state index is 0.0342. The molecule has 354 valence electrons. The fourth-order valence-electron chi connectivity index (χ4n) is 7.51. The van der Waals surface area contributed by atoms with Crippen LogP contribution in [0.3, 0.4) is 0 Å². The van der Waals surface area contributed by atoms with Crippen molar-refractivity contribution in [3.05, 3.63) is 53.9 Å². The molecule has 6 aliphatic rings. The summed E-state index contributed by atoms with van der Waals surface area (Å²) >= 11 is 4.41. The van der Waals surface area contributed by atoms with Crippen molar-refractivity contribution < 1.29 is 29.7 Å². The third-order valence-corrected chi connectivity index (χ3v) is 16.2. The maximum Gasteiger partial charge on any atom is 0.157 e. The van der Waals surface area contributed by atoms with E-state index in [0.717, 1.165) is 95.6 Å². The summed E-state index contributed by atoms with van der Waals surface area (Å²) in [7, 11) is 0. The number of pyridine rings is 3. The molecule has 0 spiro atoms. The number of aromatic hydroxyl groups is 3. The number of ketones is 3. The van der Waals surface area contributed by atoms with Crippen LogP contribution in [0.1, 0.15) is 58.6 Å². The van der Waals surface area contributed by atoms with Gasteiger partial charge >= 0.3 is 0 Å². The molecule has 3 saturated heterocycles. The van der Waals surface area contributed by atoms with Crippen molar-refractivity contribution in [1.82, 2.24) is 30.9 Å². The maximum atomic E-state index is 11.7. The topological polar surface area (TPSA) is 233 Å². The molecule has 18 nitrogen and oxygen atoms in total. The molecule has 0 saturated carbocycles. The lowest BCUT2D eigenvalue weighted by Gasteiger charge is -2.29. The number of hydrogen-bond acceptors (Lipinski definition) is 21. The van der Waals surface area contributed by atoms with Gasteiger partial charge < -0.3 is 46.0 Å². The van der Waals surface area contributed by atoms with E-state index in [1.807, 2.05) is 20.8 Å². The first-order valence-corrected chi connectivity index (χ1v) is 25.1. The molecular weight excluding hydrogens is 901 g/mol. The second-order valence-electron chi connectivity index (χ2n) is 17.5. The van der Waals surface area contributed by atoms with Crippen LogP contribution in [0.4, 0.5) is 17.1 Å². The quantitative estimate of drug-likeness (QED) is 0.181. The third-order valence-electron chi connectivity index (χ3n) is 12.4. The Bertz CT molecular complexity index is 2140. The van der Waals surface area contributed by atoms with Crippen molar-refractivity contribution in [2.75, 3.05) is 110 Å². The summed E-state index contributed by atoms with van der Waals surface area (Å²) in [5.74, 6) is 2.25. The van der Waals surface area contributed by atoms with Crippen molar-refractivity contribution in [3.8, 4) is 17.2 Å². The molecule has 66 heavy (non-hydrogen) atoms. The van der Waals surface area contributed by atoms with E-state index >= 15 is 0 Å². The number of carbonyl (C=O) groups is 3. The molecule has 0 bridgehead atoms. The van der Waals surface area contributed by atoms with Crippen LogP contribution in [0.5, 0.6) is 17.2 Å². The fourth-order valence-corrected chi connectivity index (χ4v) is 11.2. The van der Waals surface area contributed by atoms with Crippen LogP contribution in [-0.2, 0) is 14.4 Å². The van der Waals surface area contributed by atoms with Crippen molar-refractivity contribution in [2.45, 2.75) is 58.2 Å². The van der Waals surface area contributed by atoms with Crippen molar-refractivity contribution in [3.63, 3.8) is 0 Å². The van der Waals surface area contributed by atoms with E-state index in [1.165, 1.54) is 35.3 Å². The zero-order valence-corrected chi connectivity index (χ0v) is 40.8. The van der Waals surface area contributed by atoms with Crippen molar-refractivity contribution in [2.24, 2.45) is 15.0 Å². The van der Waals surface area contributed by atoms with E-state index in [4.69, 9.17) is 0 Å². The summed E-state index contributed by atoms with van der Waals surface area (Å²) in [4.78, 5) is 68.2. The summed E-state index contributed by atoms with van der Waals surface area (Å²) in [6.45, 7) is 21.1. The Balaban J connectivity index is 0.000000147. The average molecular weight is 961 g/mol. The number of rotatable bonds is 9. The predicted octanol–water partition coefficient (Wildman–Crippen LogP) is 3.11. The summed E-state index contributed by atoms with van der Waals surface area (Å²) in [5.41, 5.74) is 2.04. The predicted molar refractivity (Wildman–Crippen MR) is 267 cm³/mol. The van der Waals surface area contributed by atoms with Gasteiger partial charge in [0.05, 0.1) is 35.7 Å². The highest BCUT2D eigenvalue weighted by molar-refractivity contribution is 8.15. The molecule has 0 aliphatic carbocycles. The minimum atomic E-state index is -0.703. The number of nitrogens with one attached hydrogen (secondary N) is 3. The first-order valence-electron chi connectivity index (χ1n) is 22.1. The summed E-state index contributed by atoms with van der Waals surface area (Å²) in [6, 6.07) is 5.21. The van der Waals surface area contributed by atoms with Crippen LogP contribution in [0.15, 0.2) is 51.8 Å². The Kier molecular flexibility index (Phi) is 15.6. The lowest BCUT2D eigenvalue weighted by Crippen LogP contribution is -2.43. The molecule has 9 heterocycles. The van der Waals surface area contributed by atoms with Gasteiger partial charge in [0, 0.05) is 114 Å². The second-order valence-corrected chi connectivity index (χ2v) is 20.4. The second kappa shape index (κ2) is 21.0. The molecule has 3 aromatic heterocycles. The molecule has 21 heteroatoms. The monoisotopic (exact) mass is 960 g/mol.